The SMILES string of the molecule is Cc1onc(C(=O)Nc2nn(Cc3ccc(F)cc3Cl)cc2Cl)c1COc1ccc(F)cc1F. The minimum Gasteiger partial charge on any atom is -0.486 e. The summed E-state index contributed by atoms with van der Waals surface area (Å²) in [5, 5.41) is 10.8. The molecule has 0 aliphatic heterocycles. The molecule has 1 N–H and O–H groups in total. The topological polar surface area (TPSA) is 82.2 Å². The van der Waals surface area contributed by atoms with Crippen molar-refractivity contribution >= 4 is 34.9 Å². The van der Waals surface area contributed by atoms with Crippen molar-refractivity contribution in [2.45, 2.75) is 20.1 Å². The average Bonchev–Trinajstić information content (AvgIpc) is 3.31. The normalized spacial score (nSPS) is 11.0. The smallest absolute Gasteiger partial charge is 0.279 e. The summed E-state index contributed by atoms with van der Waals surface area (Å²) >= 11 is 12.2. The van der Waals surface area contributed by atoms with Crippen LogP contribution in [0.1, 0.15) is 27.4 Å². The molecule has 12 heteroatoms. The number of carbonyl (C=O) groups excluding carboxylic acids is 1. The van der Waals surface area contributed by atoms with Crippen LogP contribution in [0, 0.1) is 24.4 Å². The molecule has 0 atom stereocenters. The summed E-state index contributed by atoms with van der Waals surface area (Å²) in [5.74, 6) is -2.68. The van der Waals surface area contributed by atoms with Gasteiger partial charge < -0.3 is 14.6 Å². The van der Waals surface area contributed by atoms with Gasteiger partial charge in [0.1, 0.15) is 29.0 Å². The Morgan fingerprint density at radius 1 is 1.12 bits per heavy atom. The van der Waals surface area contributed by atoms with E-state index in [1.54, 1.807) is 6.92 Å². The van der Waals surface area contributed by atoms with Crippen LogP contribution < -0.4 is 10.1 Å². The first-order valence-corrected chi connectivity index (χ1v) is 10.5. The lowest BCUT2D eigenvalue weighted by atomic mass is 10.2. The molecule has 0 aliphatic carbocycles. The summed E-state index contributed by atoms with van der Waals surface area (Å²) in [6, 6.07) is 6.82. The van der Waals surface area contributed by atoms with Gasteiger partial charge in [-0.1, -0.05) is 34.4 Å². The quantitative estimate of drug-likeness (QED) is 0.340. The summed E-state index contributed by atoms with van der Waals surface area (Å²) in [5.41, 5.74) is 0.738. The Morgan fingerprint density at radius 3 is 2.59 bits per heavy atom. The first kappa shape index (κ1) is 23.7. The number of ether oxygens (including phenoxy) is 1. The largest absolute Gasteiger partial charge is 0.486 e. The van der Waals surface area contributed by atoms with Gasteiger partial charge in [0.2, 0.25) is 0 Å². The Bertz CT molecular complexity index is 1370. The van der Waals surface area contributed by atoms with E-state index in [1.165, 1.54) is 29.1 Å². The second kappa shape index (κ2) is 9.78. The molecule has 0 saturated heterocycles. The maximum atomic E-state index is 13.8. The van der Waals surface area contributed by atoms with Gasteiger partial charge in [0.25, 0.3) is 5.91 Å². The van der Waals surface area contributed by atoms with Crippen LogP contribution >= 0.6 is 23.2 Å². The third kappa shape index (κ3) is 5.18. The van der Waals surface area contributed by atoms with Crippen LogP contribution in [0.4, 0.5) is 19.0 Å². The maximum Gasteiger partial charge on any atom is 0.279 e. The Morgan fingerprint density at radius 2 is 1.85 bits per heavy atom. The Balaban J connectivity index is 1.48. The molecule has 4 aromatic rings. The Hall–Kier alpha value is -3.50. The summed E-state index contributed by atoms with van der Waals surface area (Å²) in [6.45, 7) is 1.48. The molecule has 0 aliphatic rings. The van der Waals surface area contributed by atoms with Crippen LogP contribution in [0.25, 0.3) is 0 Å². The van der Waals surface area contributed by atoms with Gasteiger partial charge in [-0.05, 0) is 36.8 Å². The second-order valence-electron chi connectivity index (χ2n) is 7.14. The third-order valence-corrected chi connectivity index (χ3v) is 5.39. The zero-order valence-corrected chi connectivity index (χ0v) is 18.9. The standard InChI is InChI=1S/C22H15Cl2F3N4O3/c1-11-15(10-33-19-5-4-14(26)7-18(19)27)20(30-34-11)22(32)28-21-17(24)9-31(29-21)8-12-2-3-13(25)6-16(12)23/h2-7,9H,8,10H2,1H3,(H,28,29,32). The number of hydrogen-bond acceptors (Lipinski definition) is 5. The zero-order valence-electron chi connectivity index (χ0n) is 17.4. The van der Waals surface area contributed by atoms with Crippen molar-refractivity contribution < 1.29 is 27.2 Å². The van der Waals surface area contributed by atoms with Gasteiger partial charge in [-0.3, -0.25) is 9.48 Å². The molecule has 0 fully saturated rings. The minimum absolute atomic E-state index is 0.0435. The van der Waals surface area contributed by atoms with Crippen LogP contribution in [0.15, 0.2) is 47.1 Å². The van der Waals surface area contributed by atoms with E-state index in [4.69, 9.17) is 32.5 Å². The van der Waals surface area contributed by atoms with E-state index in [1.807, 2.05) is 0 Å². The van der Waals surface area contributed by atoms with E-state index in [0.717, 1.165) is 12.1 Å². The zero-order chi connectivity index (χ0) is 24.4. The van der Waals surface area contributed by atoms with E-state index in [0.29, 0.717) is 11.6 Å². The van der Waals surface area contributed by atoms with Crippen LogP contribution in [-0.2, 0) is 13.2 Å². The Kier molecular flexibility index (Phi) is 6.80. The maximum absolute atomic E-state index is 13.8. The molecule has 2 heterocycles. The Labute approximate surface area is 201 Å². The minimum atomic E-state index is -0.890. The number of benzene rings is 2. The molecular weight excluding hydrogens is 496 g/mol. The number of nitrogens with zero attached hydrogens (tertiary/aromatic N) is 3. The summed E-state index contributed by atoms with van der Waals surface area (Å²) < 4.78 is 52.0. The van der Waals surface area contributed by atoms with Gasteiger partial charge in [0, 0.05) is 17.3 Å². The van der Waals surface area contributed by atoms with Crippen molar-refractivity contribution in [3.63, 3.8) is 0 Å². The summed E-state index contributed by atoms with van der Waals surface area (Å²) in [7, 11) is 0. The predicted molar refractivity (Wildman–Crippen MR) is 118 cm³/mol. The van der Waals surface area contributed by atoms with Gasteiger partial charge in [0.05, 0.1) is 12.1 Å². The van der Waals surface area contributed by atoms with E-state index in [2.05, 4.69) is 15.6 Å². The number of halogens is 5. The highest BCUT2D eigenvalue weighted by Gasteiger charge is 2.23. The fraction of sp³-hybridized carbons (Fsp3) is 0.136. The molecule has 0 unspecified atom stereocenters. The molecule has 34 heavy (non-hydrogen) atoms. The summed E-state index contributed by atoms with van der Waals surface area (Å²) in [4.78, 5) is 12.8. The average molecular weight is 511 g/mol. The summed E-state index contributed by atoms with van der Waals surface area (Å²) in [6.07, 6.45) is 1.46. The highest BCUT2D eigenvalue weighted by atomic mass is 35.5. The molecule has 1 amide bonds. The van der Waals surface area contributed by atoms with E-state index in [-0.39, 0.29) is 51.8 Å². The molecule has 4 rings (SSSR count). The van der Waals surface area contributed by atoms with E-state index < -0.39 is 23.4 Å². The van der Waals surface area contributed by atoms with Gasteiger partial charge in [-0.15, -0.1) is 0 Å². The highest BCUT2D eigenvalue weighted by molar-refractivity contribution is 6.33. The van der Waals surface area contributed by atoms with E-state index in [9.17, 15) is 18.0 Å². The van der Waals surface area contributed by atoms with Crippen molar-refractivity contribution in [1.82, 2.24) is 14.9 Å². The number of hydrogen-bond donors (Lipinski definition) is 1. The monoisotopic (exact) mass is 510 g/mol. The van der Waals surface area contributed by atoms with Crippen molar-refractivity contribution in [1.29, 1.82) is 0 Å². The number of carbonyl (C=O) groups is 1. The molecule has 0 spiro atoms. The van der Waals surface area contributed by atoms with Gasteiger partial charge in [-0.2, -0.15) is 5.10 Å². The fourth-order valence-corrected chi connectivity index (χ4v) is 3.46. The van der Waals surface area contributed by atoms with Crippen LogP contribution in [0.3, 0.4) is 0 Å². The lowest BCUT2D eigenvalue weighted by molar-refractivity contribution is 0.101. The first-order chi connectivity index (χ1) is 16.2. The van der Waals surface area contributed by atoms with Crippen molar-refractivity contribution in [3.8, 4) is 5.75 Å². The van der Waals surface area contributed by atoms with Crippen molar-refractivity contribution in [2.75, 3.05) is 5.32 Å². The van der Waals surface area contributed by atoms with Gasteiger partial charge >= 0.3 is 0 Å². The lowest BCUT2D eigenvalue weighted by Gasteiger charge is -2.08. The third-order valence-electron chi connectivity index (χ3n) is 4.76. The number of amides is 1. The van der Waals surface area contributed by atoms with Crippen molar-refractivity contribution in [2.24, 2.45) is 0 Å². The van der Waals surface area contributed by atoms with Crippen LogP contribution in [0.5, 0.6) is 5.75 Å². The molecule has 176 valence electrons. The molecule has 0 radical (unpaired) electrons. The highest BCUT2D eigenvalue weighted by Crippen LogP contribution is 2.25. The number of aromatic nitrogens is 3. The van der Waals surface area contributed by atoms with Crippen LogP contribution in [0.2, 0.25) is 10.0 Å². The second-order valence-corrected chi connectivity index (χ2v) is 7.96. The molecular formula is C22H15Cl2F3N4O3. The first-order valence-electron chi connectivity index (χ1n) is 9.72. The van der Waals surface area contributed by atoms with Gasteiger partial charge in [0.15, 0.2) is 23.1 Å². The molecule has 0 saturated carbocycles. The van der Waals surface area contributed by atoms with E-state index >= 15 is 0 Å². The van der Waals surface area contributed by atoms with Gasteiger partial charge in [-0.25, -0.2) is 13.2 Å². The van der Waals surface area contributed by atoms with Crippen molar-refractivity contribution in [3.05, 3.63) is 92.7 Å². The molecule has 7 nitrogen and oxygen atoms in total. The molecule has 0 bridgehead atoms. The fourth-order valence-electron chi connectivity index (χ4n) is 3.04. The lowest BCUT2D eigenvalue weighted by Crippen LogP contribution is -2.16. The molecule has 2 aromatic carbocycles. The number of rotatable bonds is 7. The number of aryl methyl sites for hydroxylation is 1. The number of nitrogens with one attached hydrogen (secondary N) is 1. The van der Waals surface area contributed by atoms with Crippen LogP contribution in [-0.4, -0.2) is 20.8 Å². The molecule has 2 aromatic heterocycles. The predicted octanol–water partition coefficient (Wildman–Crippen LogP) is 5.78. The number of anilines is 1.